The summed E-state index contributed by atoms with van der Waals surface area (Å²) in [7, 11) is 0. The van der Waals surface area contributed by atoms with Gasteiger partial charge in [0, 0.05) is 24.5 Å². The summed E-state index contributed by atoms with van der Waals surface area (Å²) in [6.45, 7) is 4.69. The maximum atomic E-state index is 5.12. The number of aryl methyl sites for hydroxylation is 1. The molecule has 2 aromatic rings. The number of pyridine rings is 1. The molecule has 84 valence electrons. The Bertz CT molecular complexity index is 439. The molecule has 0 fully saturated rings. The van der Waals surface area contributed by atoms with Gasteiger partial charge in [-0.25, -0.2) is 0 Å². The second-order valence-electron chi connectivity index (χ2n) is 3.82. The van der Waals surface area contributed by atoms with Crippen molar-refractivity contribution < 1.29 is 4.52 Å². The Hall–Kier alpha value is -1.68. The first-order valence-electron chi connectivity index (χ1n) is 5.31. The molecule has 1 unspecified atom stereocenters. The van der Waals surface area contributed by atoms with Crippen LogP contribution in [-0.2, 0) is 6.54 Å². The smallest absolute Gasteiger partial charge is 0.150 e. The Labute approximate surface area is 94.7 Å². The lowest BCUT2D eigenvalue weighted by Crippen LogP contribution is -2.17. The van der Waals surface area contributed by atoms with Gasteiger partial charge < -0.3 is 9.84 Å². The highest BCUT2D eigenvalue weighted by molar-refractivity contribution is 5.13. The van der Waals surface area contributed by atoms with E-state index < -0.39 is 0 Å². The van der Waals surface area contributed by atoms with Gasteiger partial charge in [0.05, 0.1) is 12.2 Å². The highest BCUT2D eigenvalue weighted by Gasteiger charge is 2.06. The monoisotopic (exact) mass is 217 g/mol. The zero-order chi connectivity index (χ0) is 11.4. The average Bonchev–Trinajstić information content (AvgIpc) is 2.73. The van der Waals surface area contributed by atoms with Crippen LogP contribution in [0.5, 0.6) is 0 Å². The number of nitrogens with one attached hydrogen (secondary N) is 1. The van der Waals surface area contributed by atoms with E-state index >= 15 is 0 Å². The molecule has 0 radical (unpaired) electrons. The van der Waals surface area contributed by atoms with Gasteiger partial charge in [-0.3, -0.25) is 4.98 Å². The second-order valence-corrected chi connectivity index (χ2v) is 3.82. The summed E-state index contributed by atoms with van der Waals surface area (Å²) in [4.78, 5) is 4.09. The molecule has 0 aliphatic rings. The lowest BCUT2D eigenvalue weighted by Gasteiger charge is -2.11. The zero-order valence-corrected chi connectivity index (χ0v) is 9.47. The number of rotatable bonds is 4. The predicted octanol–water partition coefficient (Wildman–Crippen LogP) is 2.23. The van der Waals surface area contributed by atoms with Crippen molar-refractivity contribution in [1.82, 2.24) is 15.5 Å². The molecule has 4 heteroatoms. The van der Waals surface area contributed by atoms with Crippen LogP contribution in [0.15, 0.2) is 35.1 Å². The maximum absolute atomic E-state index is 5.12. The van der Waals surface area contributed by atoms with E-state index in [4.69, 9.17) is 4.52 Å². The van der Waals surface area contributed by atoms with Crippen LogP contribution in [0.4, 0.5) is 0 Å². The van der Waals surface area contributed by atoms with Crippen molar-refractivity contribution >= 4 is 0 Å². The number of hydrogen-bond donors (Lipinski definition) is 1. The van der Waals surface area contributed by atoms with Crippen LogP contribution in [-0.4, -0.2) is 10.1 Å². The molecule has 1 atom stereocenters. The first kappa shape index (κ1) is 10.8. The normalized spacial score (nSPS) is 12.6. The van der Waals surface area contributed by atoms with Gasteiger partial charge in [-0.2, -0.15) is 0 Å². The maximum Gasteiger partial charge on any atom is 0.150 e. The molecule has 0 aliphatic carbocycles. The lowest BCUT2D eigenvalue weighted by molar-refractivity contribution is 0.363. The Morgan fingerprint density at radius 2 is 2.38 bits per heavy atom. The second kappa shape index (κ2) is 4.90. The summed E-state index contributed by atoms with van der Waals surface area (Å²) >= 11 is 0. The van der Waals surface area contributed by atoms with Gasteiger partial charge in [-0.15, -0.1) is 0 Å². The minimum atomic E-state index is 0.249. The number of nitrogens with zero attached hydrogens (tertiary/aromatic N) is 2. The van der Waals surface area contributed by atoms with E-state index in [1.165, 1.54) is 5.56 Å². The zero-order valence-electron chi connectivity index (χ0n) is 9.47. The van der Waals surface area contributed by atoms with Gasteiger partial charge >= 0.3 is 0 Å². The summed E-state index contributed by atoms with van der Waals surface area (Å²) in [5.74, 6) is 0.855. The molecule has 0 saturated heterocycles. The number of aromatic nitrogens is 2. The Balaban J connectivity index is 1.91. The first-order valence-corrected chi connectivity index (χ1v) is 5.31. The topological polar surface area (TPSA) is 51.0 Å². The highest BCUT2D eigenvalue weighted by Crippen LogP contribution is 2.11. The van der Waals surface area contributed by atoms with Crippen LogP contribution in [0.1, 0.15) is 30.0 Å². The van der Waals surface area contributed by atoms with Gasteiger partial charge in [-0.1, -0.05) is 11.2 Å². The third kappa shape index (κ3) is 2.67. The Morgan fingerprint density at radius 1 is 1.50 bits per heavy atom. The van der Waals surface area contributed by atoms with E-state index in [9.17, 15) is 0 Å². The SMILES string of the molecule is Cc1cc(CNC(C)c2cccnc2)on1. The number of hydrogen-bond acceptors (Lipinski definition) is 4. The fourth-order valence-corrected chi connectivity index (χ4v) is 1.50. The summed E-state index contributed by atoms with van der Waals surface area (Å²) in [5, 5.41) is 7.19. The van der Waals surface area contributed by atoms with Crippen LogP contribution in [0.3, 0.4) is 0 Å². The minimum absolute atomic E-state index is 0.249. The first-order chi connectivity index (χ1) is 7.75. The van der Waals surface area contributed by atoms with Crippen LogP contribution in [0.2, 0.25) is 0 Å². The molecule has 16 heavy (non-hydrogen) atoms. The molecular formula is C12H15N3O. The average molecular weight is 217 g/mol. The molecule has 0 amide bonds. The fourth-order valence-electron chi connectivity index (χ4n) is 1.50. The van der Waals surface area contributed by atoms with Crippen molar-refractivity contribution in [3.63, 3.8) is 0 Å². The molecule has 0 aliphatic heterocycles. The largest absolute Gasteiger partial charge is 0.360 e. The van der Waals surface area contributed by atoms with Crippen LogP contribution in [0.25, 0.3) is 0 Å². The minimum Gasteiger partial charge on any atom is -0.360 e. The summed E-state index contributed by atoms with van der Waals surface area (Å²) in [6.07, 6.45) is 3.64. The van der Waals surface area contributed by atoms with Crippen molar-refractivity contribution in [1.29, 1.82) is 0 Å². The van der Waals surface area contributed by atoms with Gasteiger partial charge in [0.25, 0.3) is 0 Å². The van der Waals surface area contributed by atoms with Crippen LogP contribution in [0, 0.1) is 6.92 Å². The van der Waals surface area contributed by atoms with E-state index in [-0.39, 0.29) is 6.04 Å². The Kier molecular flexibility index (Phi) is 3.31. The molecule has 0 bridgehead atoms. The molecule has 2 aromatic heterocycles. The van der Waals surface area contributed by atoms with Crippen molar-refractivity contribution in [3.05, 3.63) is 47.6 Å². The molecular weight excluding hydrogens is 202 g/mol. The van der Waals surface area contributed by atoms with Crippen LogP contribution < -0.4 is 5.32 Å². The van der Waals surface area contributed by atoms with E-state index in [1.54, 1.807) is 6.20 Å². The standard InChI is InChI=1S/C12H15N3O/c1-9-6-12(16-15-9)8-14-10(2)11-4-3-5-13-7-11/h3-7,10,14H,8H2,1-2H3. The summed E-state index contributed by atoms with van der Waals surface area (Å²) in [5.41, 5.74) is 2.07. The molecule has 2 rings (SSSR count). The van der Waals surface area contributed by atoms with Crippen molar-refractivity contribution in [2.24, 2.45) is 0 Å². The molecule has 4 nitrogen and oxygen atoms in total. The predicted molar refractivity (Wildman–Crippen MR) is 60.7 cm³/mol. The third-order valence-corrected chi connectivity index (χ3v) is 2.44. The Morgan fingerprint density at radius 3 is 3.00 bits per heavy atom. The summed E-state index contributed by atoms with van der Waals surface area (Å²) in [6, 6.07) is 6.17. The van der Waals surface area contributed by atoms with E-state index in [2.05, 4.69) is 28.4 Å². The van der Waals surface area contributed by atoms with E-state index in [0.717, 1.165) is 11.5 Å². The van der Waals surface area contributed by atoms with Gasteiger partial charge in [0.1, 0.15) is 0 Å². The van der Waals surface area contributed by atoms with Gasteiger partial charge in [0.15, 0.2) is 5.76 Å². The van der Waals surface area contributed by atoms with Gasteiger partial charge in [-0.05, 0) is 25.5 Å². The molecule has 2 heterocycles. The van der Waals surface area contributed by atoms with Crippen LogP contribution >= 0.6 is 0 Å². The van der Waals surface area contributed by atoms with Crippen molar-refractivity contribution in [2.45, 2.75) is 26.4 Å². The summed E-state index contributed by atoms with van der Waals surface area (Å²) < 4.78 is 5.12. The van der Waals surface area contributed by atoms with Crippen molar-refractivity contribution in [2.75, 3.05) is 0 Å². The molecule has 0 spiro atoms. The van der Waals surface area contributed by atoms with Gasteiger partial charge in [0.2, 0.25) is 0 Å². The molecule has 0 saturated carbocycles. The lowest BCUT2D eigenvalue weighted by atomic mass is 10.1. The third-order valence-electron chi connectivity index (χ3n) is 2.44. The molecule has 1 N–H and O–H groups in total. The van der Waals surface area contributed by atoms with Crippen molar-refractivity contribution in [3.8, 4) is 0 Å². The quantitative estimate of drug-likeness (QED) is 0.853. The van der Waals surface area contributed by atoms with E-state index in [1.807, 2.05) is 25.3 Å². The fraction of sp³-hybridized carbons (Fsp3) is 0.333. The molecule has 0 aromatic carbocycles. The van der Waals surface area contributed by atoms with E-state index in [0.29, 0.717) is 6.54 Å². The highest BCUT2D eigenvalue weighted by atomic mass is 16.5.